The normalized spacial score (nSPS) is 14.2. The SMILES string of the molecule is CC(O)(Cn1cc(C(N)=O)c2ccccc21)C(=O)O. The number of nitrogens with zero attached hydrogens (tertiary/aromatic N) is 1. The number of carbonyl (C=O) groups excluding carboxylic acids is 1. The van der Waals surface area contributed by atoms with Crippen LogP contribution in [0.3, 0.4) is 0 Å². The minimum absolute atomic E-state index is 0.171. The number of aromatic nitrogens is 1. The highest BCUT2D eigenvalue weighted by molar-refractivity contribution is 6.06. The van der Waals surface area contributed by atoms with Crippen LogP contribution in [0, 0.1) is 0 Å². The van der Waals surface area contributed by atoms with Crippen molar-refractivity contribution in [3.63, 3.8) is 0 Å². The Bertz CT molecular complexity index is 658. The van der Waals surface area contributed by atoms with E-state index in [1.807, 2.05) is 0 Å². The Morgan fingerprint density at radius 2 is 2.00 bits per heavy atom. The van der Waals surface area contributed by atoms with E-state index in [2.05, 4.69) is 0 Å². The van der Waals surface area contributed by atoms with E-state index in [1.54, 1.807) is 24.3 Å². The zero-order chi connectivity index (χ0) is 14.2. The maximum absolute atomic E-state index is 11.4. The summed E-state index contributed by atoms with van der Waals surface area (Å²) in [5.41, 5.74) is 4.32. The summed E-state index contributed by atoms with van der Waals surface area (Å²) in [5.74, 6) is -1.92. The molecule has 0 aliphatic carbocycles. The van der Waals surface area contributed by atoms with Gasteiger partial charge in [0.15, 0.2) is 5.60 Å². The number of carboxylic acids is 1. The zero-order valence-electron chi connectivity index (χ0n) is 10.3. The largest absolute Gasteiger partial charge is 0.479 e. The number of benzene rings is 1. The number of rotatable bonds is 4. The van der Waals surface area contributed by atoms with Gasteiger partial charge in [-0.05, 0) is 13.0 Å². The summed E-state index contributed by atoms with van der Waals surface area (Å²) < 4.78 is 1.52. The van der Waals surface area contributed by atoms with Crippen molar-refractivity contribution in [1.82, 2.24) is 4.57 Å². The Kier molecular flexibility index (Phi) is 3.03. The lowest BCUT2D eigenvalue weighted by Crippen LogP contribution is -2.39. The van der Waals surface area contributed by atoms with Crippen molar-refractivity contribution in [2.75, 3.05) is 0 Å². The number of aliphatic hydroxyl groups is 1. The number of carboxylic acid groups (broad SMARTS) is 1. The molecule has 0 saturated carbocycles. The van der Waals surface area contributed by atoms with Crippen LogP contribution in [0.1, 0.15) is 17.3 Å². The zero-order valence-corrected chi connectivity index (χ0v) is 10.3. The standard InChI is InChI=1S/C13H14N2O4/c1-13(19,12(17)18)7-15-6-9(11(14)16)8-4-2-3-5-10(8)15/h2-6,19H,7H2,1H3,(H2,14,16)(H,17,18). The van der Waals surface area contributed by atoms with Gasteiger partial charge in [0.1, 0.15) is 0 Å². The molecule has 0 radical (unpaired) electrons. The van der Waals surface area contributed by atoms with Crippen molar-refractivity contribution >= 4 is 22.8 Å². The first-order valence-corrected chi connectivity index (χ1v) is 5.66. The van der Waals surface area contributed by atoms with Gasteiger partial charge < -0.3 is 20.5 Å². The van der Waals surface area contributed by atoms with Crippen LogP contribution < -0.4 is 5.73 Å². The third-order valence-electron chi connectivity index (χ3n) is 2.99. The molecule has 0 aliphatic heterocycles. The number of hydrogen-bond acceptors (Lipinski definition) is 3. The molecule has 6 nitrogen and oxygen atoms in total. The number of amides is 1. The topological polar surface area (TPSA) is 106 Å². The lowest BCUT2D eigenvalue weighted by Gasteiger charge is -2.19. The van der Waals surface area contributed by atoms with E-state index in [0.717, 1.165) is 0 Å². The van der Waals surface area contributed by atoms with Gasteiger partial charge in [-0.1, -0.05) is 18.2 Å². The fraction of sp³-hybridized carbons (Fsp3) is 0.231. The van der Waals surface area contributed by atoms with E-state index >= 15 is 0 Å². The second-order valence-corrected chi connectivity index (χ2v) is 4.63. The number of hydrogen-bond donors (Lipinski definition) is 3. The van der Waals surface area contributed by atoms with Gasteiger partial charge in [-0.15, -0.1) is 0 Å². The minimum atomic E-state index is -1.92. The fourth-order valence-corrected chi connectivity index (χ4v) is 1.97. The van der Waals surface area contributed by atoms with Gasteiger partial charge in [-0.3, -0.25) is 4.79 Å². The molecule has 19 heavy (non-hydrogen) atoms. The maximum atomic E-state index is 11.4. The molecule has 2 aromatic rings. The third kappa shape index (κ3) is 2.30. The van der Waals surface area contributed by atoms with Crippen molar-refractivity contribution < 1.29 is 19.8 Å². The average Bonchev–Trinajstić information content (AvgIpc) is 2.68. The van der Waals surface area contributed by atoms with Crippen LogP contribution in [-0.4, -0.2) is 32.3 Å². The first-order valence-electron chi connectivity index (χ1n) is 5.66. The molecule has 1 aromatic carbocycles. The van der Waals surface area contributed by atoms with Crippen molar-refractivity contribution in [3.05, 3.63) is 36.0 Å². The highest BCUT2D eigenvalue weighted by atomic mass is 16.4. The van der Waals surface area contributed by atoms with Crippen molar-refractivity contribution in [1.29, 1.82) is 0 Å². The van der Waals surface area contributed by atoms with E-state index in [-0.39, 0.29) is 6.54 Å². The quantitative estimate of drug-likeness (QED) is 0.749. The predicted octanol–water partition coefficient (Wildman–Crippen LogP) is 0.576. The van der Waals surface area contributed by atoms with E-state index < -0.39 is 17.5 Å². The average molecular weight is 262 g/mol. The number of nitrogens with two attached hydrogens (primary N) is 1. The van der Waals surface area contributed by atoms with E-state index in [9.17, 15) is 14.7 Å². The highest BCUT2D eigenvalue weighted by Crippen LogP contribution is 2.23. The van der Waals surface area contributed by atoms with Crippen LogP contribution in [0.2, 0.25) is 0 Å². The monoisotopic (exact) mass is 262 g/mol. The summed E-state index contributed by atoms with van der Waals surface area (Å²) in [7, 11) is 0. The summed E-state index contributed by atoms with van der Waals surface area (Å²) in [6.07, 6.45) is 1.46. The van der Waals surface area contributed by atoms with E-state index in [1.165, 1.54) is 17.7 Å². The van der Waals surface area contributed by atoms with E-state index in [4.69, 9.17) is 10.8 Å². The van der Waals surface area contributed by atoms with Crippen molar-refractivity contribution in [2.45, 2.75) is 19.1 Å². The second kappa shape index (κ2) is 4.40. The number of aliphatic carboxylic acids is 1. The Morgan fingerprint density at radius 1 is 1.37 bits per heavy atom. The van der Waals surface area contributed by atoms with Gasteiger partial charge in [0.2, 0.25) is 0 Å². The summed E-state index contributed by atoms with van der Waals surface area (Å²) in [6.45, 7) is 1.03. The Labute approximate surface area is 109 Å². The van der Waals surface area contributed by atoms with Gasteiger partial charge in [0, 0.05) is 17.1 Å². The second-order valence-electron chi connectivity index (χ2n) is 4.63. The number of carbonyl (C=O) groups is 2. The molecular formula is C13H14N2O4. The molecule has 0 spiro atoms. The van der Waals surface area contributed by atoms with Crippen LogP contribution in [0.15, 0.2) is 30.5 Å². The minimum Gasteiger partial charge on any atom is -0.479 e. The Morgan fingerprint density at radius 3 is 2.58 bits per heavy atom. The van der Waals surface area contributed by atoms with Gasteiger partial charge in [0.05, 0.1) is 12.1 Å². The van der Waals surface area contributed by atoms with Gasteiger partial charge >= 0.3 is 5.97 Å². The molecule has 1 amide bonds. The van der Waals surface area contributed by atoms with Crippen LogP contribution in [0.25, 0.3) is 10.9 Å². The number of primary amides is 1. The fourth-order valence-electron chi connectivity index (χ4n) is 1.97. The molecule has 0 fully saturated rings. The number of fused-ring (bicyclic) bond motifs is 1. The molecule has 4 N–H and O–H groups in total. The molecule has 1 atom stereocenters. The summed E-state index contributed by atoms with van der Waals surface area (Å²) in [5, 5.41) is 19.4. The Balaban J connectivity index is 2.56. The first-order chi connectivity index (χ1) is 8.83. The molecular weight excluding hydrogens is 248 g/mol. The third-order valence-corrected chi connectivity index (χ3v) is 2.99. The predicted molar refractivity (Wildman–Crippen MR) is 68.7 cm³/mol. The molecule has 1 heterocycles. The molecule has 0 bridgehead atoms. The highest BCUT2D eigenvalue weighted by Gasteiger charge is 2.31. The molecule has 100 valence electrons. The van der Waals surface area contributed by atoms with Crippen LogP contribution in [-0.2, 0) is 11.3 Å². The van der Waals surface area contributed by atoms with Crippen LogP contribution in [0.4, 0.5) is 0 Å². The molecule has 6 heteroatoms. The molecule has 0 aliphatic rings. The summed E-state index contributed by atoms with van der Waals surface area (Å²) in [6, 6.07) is 6.98. The van der Waals surface area contributed by atoms with Gasteiger partial charge in [-0.2, -0.15) is 0 Å². The summed E-state index contributed by atoms with van der Waals surface area (Å²) in [4.78, 5) is 22.3. The van der Waals surface area contributed by atoms with E-state index in [0.29, 0.717) is 16.5 Å². The smallest absolute Gasteiger partial charge is 0.337 e. The molecule has 1 aromatic heterocycles. The summed E-state index contributed by atoms with van der Waals surface area (Å²) >= 11 is 0. The van der Waals surface area contributed by atoms with Crippen molar-refractivity contribution in [3.8, 4) is 0 Å². The van der Waals surface area contributed by atoms with Gasteiger partial charge in [0.25, 0.3) is 5.91 Å². The first kappa shape index (κ1) is 13.1. The lowest BCUT2D eigenvalue weighted by atomic mass is 10.1. The molecule has 2 rings (SSSR count). The number of para-hydroxylation sites is 1. The molecule has 0 saturated heterocycles. The Hall–Kier alpha value is -2.34. The van der Waals surface area contributed by atoms with Gasteiger partial charge in [-0.25, -0.2) is 4.79 Å². The maximum Gasteiger partial charge on any atom is 0.337 e. The lowest BCUT2D eigenvalue weighted by molar-refractivity contribution is -0.157. The molecule has 1 unspecified atom stereocenters. The van der Waals surface area contributed by atoms with Crippen LogP contribution in [0.5, 0.6) is 0 Å². The van der Waals surface area contributed by atoms with Crippen LogP contribution >= 0.6 is 0 Å². The van der Waals surface area contributed by atoms with Crippen molar-refractivity contribution in [2.24, 2.45) is 5.73 Å².